The summed E-state index contributed by atoms with van der Waals surface area (Å²) in [5.41, 5.74) is 6.61. The summed E-state index contributed by atoms with van der Waals surface area (Å²) in [6.07, 6.45) is 4.15. The van der Waals surface area contributed by atoms with Crippen LogP contribution in [0.25, 0.3) is 5.57 Å². The number of halogens is 1. The van der Waals surface area contributed by atoms with E-state index >= 15 is 0 Å². The lowest BCUT2D eigenvalue weighted by atomic mass is 9.86. The fraction of sp³-hybridized carbons (Fsp3) is 0.333. The summed E-state index contributed by atoms with van der Waals surface area (Å²) in [6, 6.07) is 18.2. The Morgan fingerprint density at radius 2 is 1.92 bits per heavy atom. The summed E-state index contributed by atoms with van der Waals surface area (Å²) in [5.74, 6) is 0.614. The number of nitrogens with one attached hydrogen (secondary N) is 1. The normalized spacial score (nSPS) is 20.2. The molecule has 0 saturated carbocycles. The van der Waals surface area contributed by atoms with E-state index < -0.39 is 0 Å². The minimum Gasteiger partial charge on any atom is -0.490 e. The lowest BCUT2D eigenvalue weighted by Crippen LogP contribution is -2.42. The Labute approximate surface area is 235 Å². The maximum Gasteiger partial charge on any atom is 0.174 e. The second kappa shape index (κ2) is 10.6. The molecule has 3 heterocycles. The molecule has 1 saturated heterocycles. The smallest absolute Gasteiger partial charge is 0.174 e. The van der Waals surface area contributed by atoms with Crippen molar-refractivity contribution in [2.24, 2.45) is 0 Å². The van der Waals surface area contributed by atoms with Crippen molar-refractivity contribution in [1.82, 2.24) is 10.3 Å². The fourth-order valence-corrected chi connectivity index (χ4v) is 5.90. The number of rotatable bonds is 7. The number of ether oxygens (including phenoxy) is 2. The zero-order valence-corrected chi connectivity index (χ0v) is 23.9. The molecule has 8 heteroatoms. The number of allylic oxidation sites excluding steroid dienone is 1. The largest absolute Gasteiger partial charge is 0.490 e. The predicted octanol–water partition coefficient (Wildman–Crippen LogP) is 6.57. The molecule has 2 atom stereocenters. The maximum absolute atomic E-state index is 6.66. The van der Waals surface area contributed by atoms with Gasteiger partial charge in [-0.1, -0.05) is 29.8 Å². The van der Waals surface area contributed by atoms with Crippen molar-refractivity contribution in [3.8, 4) is 5.75 Å². The van der Waals surface area contributed by atoms with E-state index in [0.29, 0.717) is 29.1 Å². The number of benzene rings is 2. The first kappa shape index (κ1) is 26.5. The number of aromatic nitrogens is 1. The molecule has 0 spiro atoms. The maximum atomic E-state index is 6.66. The van der Waals surface area contributed by atoms with E-state index in [4.69, 9.17) is 33.3 Å². The van der Waals surface area contributed by atoms with Crippen LogP contribution in [-0.2, 0) is 4.74 Å². The van der Waals surface area contributed by atoms with Crippen LogP contribution < -0.4 is 19.9 Å². The molecule has 1 aromatic heterocycles. The van der Waals surface area contributed by atoms with Crippen LogP contribution in [0.2, 0.25) is 5.02 Å². The van der Waals surface area contributed by atoms with Gasteiger partial charge in [-0.25, -0.2) is 0 Å². The van der Waals surface area contributed by atoms with Gasteiger partial charge in [-0.05, 0) is 86.6 Å². The molecule has 1 N–H and O–H groups in total. The number of methoxy groups -OCH3 is 1. The highest BCUT2D eigenvalue weighted by molar-refractivity contribution is 7.80. The summed E-state index contributed by atoms with van der Waals surface area (Å²) in [7, 11) is 3.79. The number of fused-ring (bicyclic) bond motifs is 1. The van der Waals surface area contributed by atoms with Crippen LogP contribution in [0.15, 0.2) is 66.9 Å². The van der Waals surface area contributed by atoms with Crippen LogP contribution in [0.5, 0.6) is 5.75 Å². The monoisotopic (exact) mass is 548 g/mol. The molecule has 38 heavy (non-hydrogen) atoms. The van der Waals surface area contributed by atoms with Crippen molar-refractivity contribution >= 4 is 45.9 Å². The quantitative estimate of drug-likeness (QED) is 0.265. The van der Waals surface area contributed by atoms with E-state index in [1.54, 1.807) is 7.11 Å². The van der Waals surface area contributed by atoms with Crippen LogP contribution >= 0.6 is 23.8 Å². The first-order valence-corrected chi connectivity index (χ1v) is 13.5. The number of likely N-dealkylation sites (N-methyl/N-ethyl adjacent to an activating group) is 1. The molecule has 2 aliphatic rings. The third-order valence-electron chi connectivity index (χ3n) is 7.42. The Bertz CT molecular complexity index is 1380. The third kappa shape index (κ3) is 4.86. The molecule has 0 bridgehead atoms. The topological polar surface area (TPSA) is 49.9 Å². The van der Waals surface area contributed by atoms with Crippen molar-refractivity contribution < 1.29 is 9.47 Å². The minimum absolute atomic E-state index is 0.0541. The molecule has 2 aliphatic heterocycles. The second-order valence-electron chi connectivity index (χ2n) is 10.3. The summed E-state index contributed by atoms with van der Waals surface area (Å²) in [6.45, 7) is 7.57. The molecule has 2 aromatic carbocycles. The molecule has 1 fully saturated rings. The summed E-state index contributed by atoms with van der Waals surface area (Å²) < 4.78 is 10.9. The Morgan fingerprint density at radius 1 is 1.11 bits per heavy atom. The molecule has 3 aromatic rings. The third-order valence-corrected chi connectivity index (χ3v) is 8.03. The molecule has 0 unspecified atom stereocenters. The van der Waals surface area contributed by atoms with E-state index in [2.05, 4.69) is 72.2 Å². The molecule has 6 nitrogen and oxygen atoms in total. The molecule has 0 aliphatic carbocycles. The van der Waals surface area contributed by atoms with E-state index in [9.17, 15) is 0 Å². The van der Waals surface area contributed by atoms with Crippen molar-refractivity contribution in [2.45, 2.75) is 38.4 Å². The van der Waals surface area contributed by atoms with Gasteiger partial charge in [-0.2, -0.15) is 0 Å². The van der Waals surface area contributed by atoms with E-state index in [0.717, 1.165) is 16.9 Å². The standard InChI is InChI=1S/C30H33ClN4O2S/c1-19-18-30(2,3)34(4)25-11-9-20(16-22(19)25)28-27(24-8-6-7-13-32-24)33-29(38)35(28)21-10-12-26(23(31)17-21)37-15-14-36-5/h6-13,16-18,27-28H,14-15H2,1-5H3,(H,33,38)/t27-,28-/m1/s1. The van der Waals surface area contributed by atoms with Crippen LogP contribution in [0, 0.1) is 0 Å². The van der Waals surface area contributed by atoms with Crippen LogP contribution in [0.4, 0.5) is 11.4 Å². The van der Waals surface area contributed by atoms with E-state index in [-0.39, 0.29) is 17.6 Å². The zero-order chi connectivity index (χ0) is 27.0. The van der Waals surface area contributed by atoms with Crippen molar-refractivity contribution in [3.05, 3.63) is 88.7 Å². The summed E-state index contributed by atoms with van der Waals surface area (Å²) >= 11 is 12.6. The van der Waals surface area contributed by atoms with Crippen LogP contribution in [0.1, 0.15) is 49.7 Å². The number of thiocarbonyl (C=S) groups is 1. The highest BCUT2D eigenvalue weighted by Gasteiger charge is 2.41. The lowest BCUT2D eigenvalue weighted by Gasteiger charge is -2.41. The van der Waals surface area contributed by atoms with Crippen molar-refractivity contribution in [3.63, 3.8) is 0 Å². The SMILES string of the molecule is COCCOc1ccc(N2C(=S)N[C@H](c3ccccn3)[C@H]2c2ccc3c(c2)C(C)=CC(C)(C)N3C)cc1Cl. The number of nitrogens with zero attached hydrogens (tertiary/aromatic N) is 3. The fourth-order valence-electron chi connectivity index (χ4n) is 5.32. The Morgan fingerprint density at radius 3 is 2.63 bits per heavy atom. The molecule has 0 amide bonds. The first-order valence-electron chi connectivity index (χ1n) is 12.7. The molecular weight excluding hydrogens is 516 g/mol. The van der Waals surface area contributed by atoms with E-state index in [1.165, 1.54) is 16.8 Å². The van der Waals surface area contributed by atoms with E-state index in [1.807, 2.05) is 42.6 Å². The number of hydrogen-bond acceptors (Lipinski definition) is 5. The molecule has 0 radical (unpaired) electrons. The number of anilines is 2. The van der Waals surface area contributed by atoms with Gasteiger partial charge in [-0.15, -0.1) is 0 Å². The number of pyridine rings is 1. The van der Waals surface area contributed by atoms with Gasteiger partial charge in [0.1, 0.15) is 12.4 Å². The van der Waals surface area contributed by atoms with Gasteiger partial charge in [0.25, 0.3) is 0 Å². The van der Waals surface area contributed by atoms with Gasteiger partial charge < -0.3 is 24.6 Å². The van der Waals surface area contributed by atoms with Gasteiger partial charge in [0.15, 0.2) is 5.11 Å². The summed E-state index contributed by atoms with van der Waals surface area (Å²) in [5, 5.41) is 4.68. The zero-order valence-electron chi connectivity index (χ0n) is 22.4. The average molecular weight is 549 g/mol. The van der Waals surface area contributed by atoms with Gasteiger partial charge in [0.2, 0.25) is 0 Å². The Hall–Kier alpha value is -3.13. The highest BCUT2D eigenvalue weighted by Crippen LogP contribution is 2.46. The Kier molecular flexibility index (Phi) is 7.36. The van der Waals surface area contributed by atoms with Crippen LogP contribution in [0.3, 0.4) is 0 Å². The van der Waals surface area contributed by atoms with Crippen molar-refractivity contribution in [1.29, 1.82) is 0 Å². The highest BCUT2D eigenvalue weighted by atomic mass is 35.5. The van der Waals surface area contributed by atoms with Gasteiger partial charge in [0.05, 0.1) is 34.9 Å². The Balaban J connectivity index is 1.58. The summed E-state index contributed by atoms with van der Waals surface area (Å²) in [4.78, 5) is 9.14. The van der Waals surface area contributed by atoms with Crippen molar-refractivity contribution in [2.75, 3.05) is 37.2 Å². The second-order valence-corrected chi connectivity index (χ2v) is 11.1. The first-order chi connectivity index (χ1) is 18.2. The van der Waals surface area contributed by atoms with Gasteiger partial charge in [-0.3, -0.25) is 4.98 Å². The number of hydrogen-bond donors (Lipinski definition) is 1. The molecule has 5 rings (SSSR count). The van der Waals surface area contributed by atoms with Crippen LogP contribution in [-0.4, -0.2) is 43.0 Å². The predicted molar refractivity (Wildman–Crippen MR) is 159 cm³/mol. The molecular formula is C30H33ClN4O2S. The molecule has 198 valence electrons. The van der Waals surface area contributed by atoms with Gasteiger partial charge >= 0.3 is 0 Å². The van der Waals surface area contributed by atoms with Gasteiger partial charge in [0, 0.05) is 37.3 Å². The average Bonchev–Trinajstić information content (AvgIpc) is 3.25. The lowest BCUT2D eigenvalue weighted by molar-refractivity contribution is 0.146. The minimum atomic E-state index is -0.139.